The van der Waals surface area contributed by atoms with E-state index in [9.17, 15) is 9.59 Å². The highest BCUT2D eigenvalue weighted by Crippen LogP contribution is 2.25. The number of nitrogens with one attached hydrogen (secondary N) is 1. The number of aliphatic carboxylic acids is 1. The van der Waals surface area contributed by atoms with Crippen LogP contribution in [0.15, 0.2) is 18.2 Å². The topological polar surface area (TPSA) is 66.4 Å². The first-order chi connectivity index (χ1) is 9.47. The van der Waals surface area contributed by atoms with E-state index in [4.69, 9.17) is 16.7 Å². The Morgan fingerprint density at radius 1 is 1.25 bits per heavy atom. The zero-order chi connectivity index (χ0) is 14.7. The standard InChI is InChI=1S/C15H18ClNO3/c1-9-2-3-11(8-13(9)16)14(18)17-12-6-4-10(5-7-12)15(19)20/h2-3,8,10,12H,4-7H2,1H3,(H,17,18)(H,19,20). The second-order valence-electron chi connectivity index (χ2n) is 5.32. The number of halogens is 1. The quantitative estimate of drug-likeness (QED) is 0.901. The molecule has 1 amide bonds. The van der Waals surface area contributed by atoms with Gasteiger partial charge >= 0.3 is 5.97 Å². The fourth-order valence-electron chi connectivity index (χ4n) is 2.49. The molecule has 0 heterocycles. The third-order valence-corrected chi connectivity index (χ3v) is 4.25. The third-order valence-electron chi connectivity index (χ3n) is 3.85. The molecular weight excluding hydrogens is 278 g/mol. The van der Waals surface area contributed by atoms with Crippen LogP contribution in [0.2, 0.25) is 5.02 Å². The van der Waals surface area contributed by atoms with E-state index in [-0.39, 0.29) is 17.9 Å². The van der Waals surface area contributed by atoms with Crippen molar-refractivity contribution in [2.75, 3.05) is 0 Å². The summed E-state index contributed by atoms with van der Waals surface area (Å²) in [6.45, 7) is 1.89. The summed E-state index contributed by atoms with van der Waals surface area (Å²) < 4.78 is 0. The Kier molecular flexibility index (Phi) is 4.65. The maximum atomic E-state index is 12.1. The number of hydrogen-bond acceptors (Lipinski definition) is 2. The Bertz CT molecular complexity index is 522. The Morgan fingerprint density at radius 2 is 1.90 bits per heavy atom. The van der Waals surface area contributed by atoms with Crippen LogP contribution in [0.1, 0.15) is 41.6 Å². The van der Waals surface area contributed by atoms with Crippen LogP contribution in [-0.4, -0.2) is 23.0 Å². The molecule has 5 heteroatoms. The predicted molar refractivity (Wildman–Crippen MR) is 77.0 cm³/mol. The summed E-state index contributed by atoms with van der Waals surface area (Å²) in [5, 5.41) is 12.5. The van der Waals surface area contributed by atoms with Gasteiger partial charge in [0.25, 0.3) is 5.91 Å². The first kappa shape index (κ1) is 14.9. The molecule has 1 saturated carbocycles. The lowest BCUT2D eigenvalue weighted by atomic mass is 9.86. The molecule has 0 unspecified atom stereocenters. The summed E-state index contributed by atoms with van der Waals surface area (Å²) in [5.74, 6) is -1.15. The third kappa shape index (κ3) is 3.51. The maximum Gasteiger partial charge on any atom is 0.306 e. The van der Waals surface area contributed by atoms with Crippen LogP contribution < -0.4 is 5.32 Å². The van der Waals surface area contributed by atoms with Gasteiger partial charge in [0, 0.05) is 16.6 Å². The van der Waals surface area contributed by atoms with E-state index in [0.29, 0.717) is 36.3 Å². The molecule has 1 fully saturated rings. The van der Waals surface area contributed by atoms with Crippen molar-refractivity contribution in [2.24, 2.45) is 5.92 Å². The number of carboxylic acids is 1. The Morgan fingerprint density at radius 3 is 2.45 bits per heavy atom. The maximum absolute atomic E-state index is 12.1. The molecule has 1 aliphatic carbocycles. The van der Waals surface area contributed by atoms with E-state index < -0.39 is 5.97 Å². The lowest BCUT2D eigenvalue weighted by molar-refractivity contribution is -0.142. The van der Waals surface area contributed by atoms with Crippen molar-refractivity contribution >= 4 is 23.5 Å². The van der Waals surface area contributed by atoms with Gasteiger partial charge in [0.1, 0.15) is 0 Å². The van der Waals surface area contributed by atoms with E-state index in [0.717, 1.165) is 5.56 Å². The fraction of sp³-hybridized carbons (Fsp3) is 0.467. The van der Waals surface area contributed by atoms with E-state index in [1.165, 1.54) is 0 Å². The van der Waals surface area contributed by atoms with Crippen molar-refractivity contribution in [1.82, 2.24) is 5.32 Å². The second kappa shape index (κ2) is 6.27. The predicted octanol–water partition coefficient (Wildman–Crippen LogP) is 3.02. The van der Waals surface area contributed by atoms with E-state index in [1.807, 2.05) is 13.0 Å². The van der Waals surface area contributed by atoms with Crippen molar-refractivity contribution in [2.45, 2.75) is 38.6 Å². The van der Waals surface area contributed by atoms with Gasteiger partial charge < -0.3 is 10.4 Å². The molecular formula is C15H18ClNO3. The molecule has 0 aliphatic heterocycles. The molecule has 0 bridgehead atoms. The van der Waals surface area contributed by atoms with Crippen LogP contribution in [0.3, 0.4) is 0 Å². The molecule has 0 aromatic heterocycles. The van der Waals surface area contributed by atoms with Gasteiger partial charge in [0.05, 0.1) is 5.92 Å². The molecule has 1 aromatic rings. The van der Waals surface area contributed by atoms with E-state index >= 15 is 0 Å². The Labute approximate surface area is 123 Å². The van der Waals surface area contributed by atoms with Gasteiger partial charge in [-0.1, -0.05) is 17.7 Å². The van der Waals surface area contributed by atoms with Gasteiger partial charge in [0.15, 0.2) is 0 Å². The lowest BCUT2D eigenvalue weighted by Crippen LogP contribution is -2.38. The molecule has 20 heavy (non-hydrogen) atoms. The highest BCUT2D eigenvalue weighted by molar-refractivity contribution is 6.31. The molecule has 1 aromatic carbocycles. The number of amides is 1. The van der Waals surface area contributed by atoms with E-state index in [2.05, 4.69) is 5.32 Å². The van der Waals surface area contributed by atoms with Crippen LogP contribution in [-0.2, 0) is 4.79 Å². The molecule has 0 spiro atoms. The average molecular weight is 296 g/mol. The Balaban J connectivity index is 1.92. The summed E-state index contributed by atoms with van der Waals surface area (Å²) in [6, 6.07) is 5.28. The molecule has 4 nitrogen and oxygen atoms in total. The van der Waals surface area contributed by atoms with Gasteiger partial charge in [-0.3, -0.25) is 9.59 Å². The van der Waals surface area contributed by atoms with Crippen molar-refractivity contribution in [1.29, 1.82) is 0 Å². The lowest BCUT2D eigenvalue weighted by Gasteiger charge is -2.26. The smallest absolute Gasteiger partial charge is 0.306 e. The largest absolute Gasteiger partial charge is 0.481 e. The minimum Gasteiger partial charge on any atom is -0.481 e. The summed E-state index contributed by atoms with van der Waals surface area (Å²) in [5.41, 5.74) is 1.48. The normalized spacial score (nSPS) is 22.3. The number of carbonyl (C=O) groups excluding carboxylic acids is 1. The van der Waals surface area contributed by atoms with Gasteiger partial charge in [-0.2, -0.15) is 0 Å². The van der Waals surface area contributed by atoms with Crippen LogP contribution in [0.5, 0.6) is 0 Å². The van der Waals surface area contributed by atoms with Crippen LogP contribution in [0, 0.1) is 12.8 Å². The van der Waals surface area contributed by atoms with Gasteiger partial charge in [-0.15, -0.1) is 0 Å². The first-order valence-corrected chi connectivity index (χ1v) is 7.15. The van der Waals surface area contributed by atoms with Crippen molar-refractivity contribution in [3.63, 3.8) is 0 Å². The van der Waals surface area contributed by atoms with Crippen LogP contribution >= 0.6 is 11.6 Å². The van der Waals surface area contributed by atoms with Gasteiger partial charge in [0.2, 0.25) is 0 Å². The number of carboxylic acid groups (broad SMARTS) is 1. The molecule has 108 valence electrons. The van der Waals surface area contributed by atoms with Crippen molar-refractivity contribution in [3.8, 4) is 0 Å². The van der Waals surface area contributed by atoms with Gasteiger partial charge in [-0.05, 0) is 50.3 Å². The van der Waals surface area contributed by atoms with Crippen molar-refractivity contribution < 1.29 is 14.7 Å². The Hall–Kier alpha value is -1.55. The molecule has 0 radical (unpaired) electrons. The summed E-state index contributed by atoms with van der Waals surface area (Å²) >= 11 is 6.01. The van der Waals surface area contributed by atoms with Crippen LogP contribution in [0.25, 0.3) is 0 Å². The first-order valence-electron chi connectivity index (χ1n) is 6.77. The zero-order valence-corrected chi connectivity index (χ0v) is 12.1. The number of rotatable bonds is 3. The molecule has 1 aliphatic rings. The summed E-state index contributed by atoms with van der Waals surface area (Å²) in [7, 11) is 0. The minimum absolute atomic E-state index is 0.0539. The van der Waals surface area contributed by atoms with Crippen molar-refractivity contribution in [3.05, 3.63) is 34.3 Å². The van der Waals surface area contributed by atoms with Crippen LogP contribution in [0.4, 0.5) is 0 Å². The molecule has 0 atom stereocenters. The summed E-state index contributed by atoms with van der Waals surface area (Å²) in [6.07, 6.45) is 2.66. The SMILES string of the molecule is Cc1ccc(C(=O)NC2CCC(C(=O)O)CC2)cc1Cl. The number of benzene rings is 1. The molecule has 2 rings (SSSR count). The summed E-state index contributed by atoms with van der Waals surface area (Å²) in [4.78, 5) is 23.0. The highest BCUT2D eigenvalue weighted by Gasteiger charge is 2.26. The number of hydrogen-bond donors (Lipinski definition) is 2. The monoisotopic (exact) mass is 295 g/mol. The number of aryl methyl sites for hydroxylation is 1. The molecule has 0 saturated heterocycles. The highest BCUT2D eigenvalue weighted by atomic mass is 35.5. The second-order valence-corrected chi connectivity index (χ2v) is 5.73. The zero-order valence-electron chi connectivity index (χ0n) is 11.4. The van der Waals surface area contributed by atoms with E-state index in [1.54, 1.807) is 12.1 Å². The number of carbonyl (C=O) groups is 2. The average Bonchev–Trinajstić information content (AvgIpc) is 2.42. The molecule has 2 N–H and O–H groups in total. The van der Waals surface area contributed by atoms with Gasteiger partial charge in [-0.25, -0.2) is 0 Å². The fourth-order valence-corrected chi connectivity index (χ4v) is 2.67. The minimum atomic E-state index is -0.736.